The molecule has 0 saturated heterocycles. The molecular formula is C12H17NO3S. The van der Waals surface area contributed by atoms with Gasteiger partial charge in [-0.15, -0.1) is 0 Å². The lowest BCUT2D eigenvalue weighted by molar-refractivity contribution is -0.139. The Bertz CT molecular complexity index is 412. The van der Waals surface area contributed by atoms with Crippen molar-refractivity contribution in [2.75, 3.05) is 0 Å². The minimum Gasteiger partial charge on any atom is -0.480 e. The van der Waals surface area contributed by atoms with Gasteiger partial charge in [0.05, 0.1) is 15.7 Å². The second-order valence-electron chi connectivity index (χ2n) is 4.68. The van der Waals surface area contributed by atoms with Gasteiger partial charge in [-0.1, -0.05) is 30.3 Å². The molecule has 1 aromatic rings. The first-order valence-corrected chi connectivity index (χ1v) is 6.43. The molecule has 94 valence electrons. The molecule has 0 aliphatic heterocycles. The van der Waals surface area contributed by atoms with E-state index in [1.54, 1.807) is 45.0 Å². The number of hydrogen-bond acceptors (Lipinski definition) is 2. The Labute approximate surface area is 104 Å². The molecule has 0 aromatic heterocycles. The van der Waals surface area contributed by atoms with E-state index in [0.29, 0.717) is 5.56 Å². The van der Waals surface area contributed by atoms with E-state index in [1.807, 2.05) is 6.07 Å². The van der Waals surface area contributed by atoms with Crippen molar-refractivity contribution in [2.45, 2.75) is 31.6 Å². The summed E-state index contributed by atoms with van der Waals surface area (Å²) in [6.45, 7) is 5.38. The van der Waals surface area contributed by atoms with Gasteiger partial charge in [-0.05, 0) is 26.3 Å². The summed E-state index contributed by atoms with van der Waals surface area (Å²) in [5, 5.41) is 9.14. The number of rotatable bonds is 4. The number of carboxylic acids is 1. The largest absolute Gasteiger partial charge is 0.480 e. The summed E-state index contributed by atoms with van der Waals surface area (Å²) in [6.07, 6.45) is 0. The van der Waals surface area contributed by atoms with E-state index in [4.69, 9.17) is 5.11 Å². The molecule has 17 heavy (non-hydrogen) atoms. The Morgan fingerprint density at radius 2 is 1.82 bits per heavy atom. The summed E-state index contributed by atoms with van der Waals surface area (Å²) in [5.74, 6) is -1.03. The van der Waals surface area contributed by atoms with E-state index < -0.39 is 27.7 Å². The standard InChI is InChI=1S/C12H17NO3S/c1-12(2,3)17(16)13-10(11(14)15)9-7-5-4-6-8-9/h4-8,10,13H,1-3H3,(H,14,15)/t10-,17-/m1/s1. The average molecular weight is 255 g/mol. The van der Waals surface area contributed by atoms with Crippen molar-refractivity contribution in [1.29, 1.82) is 0 Å². The molecule has 0 amide bonds. The van der Waals surface area contributed by atoms with Crippen LogP contribution < -0.4 is 4.72 Å². The highest BCUT2D eigenvalue weighted by Crippen LogP contribution is 2.17. The number of nitrogens with one attached hydrogen (secondary N) is 1. The molecule has 2 N–H and O–H groups in total. The topological polar surface area (TPSA) is 66.4 Å². The molecule has 0 radical (unpaired) electrons. The molecule has 0 heterocycles. The molecule has 0 spiro atoms. The van der Waals surface area contributed by atoms with Crippen LogP contribution in [0.15, 0.2) is 30.3 Å². The zero-order chi connectivity index (χ0) is 13.1. The van der Waals surface area contributed by atoms with Gasteiger partial charge in [-0.25, -0.2) is 8.93 Å². The van der Waals surface area contributed by atoms with Gasteiger partial charge in [0.15, 0.2) is 0 Å². The fourth-order valence-corrected chi connectivity index (χ4v) is 1.99. The SMILES string of the molecule is CC(C)(C)[S@@](=O)N[C@@H](C(=O)O)c1ccccc1. The Hall–Kier alpha value is -1.20. The number of benzene rings is 1. The lowest BCUT2D eigenvalue weighted by Crippen LogP contribution is -2.38. The lowest BCUT2D eigenvalue weighted by Gasteiger charge is -2.22. The van der Waals surface area contributed by atoms with Crippen LogP contribution >= 0.6 is 0 Å². The normalized spacial score (nSPS) is 15.2. The zero-order valence-electron chi connectivity index (χ0n) is 10.1. The predicted octanol–water partition coefficient (Wildman–Crippen LogP) is 1.86. The molecule has 0 saturated carbocycles. The maximum absolute atomic E-state index is 11.9. The Balaban J connectivity index is 2.90. The maximum atomic E-state index is 11.9. The van der Waals surface area contributed by atoms with Gasteiger partial charge < -0.3 is 5.11 Å². The van der Waals surface area contributed by atoms with Gasteiger partial charge in [-0.3, -0.25) is 4.79 Å². The van der Waals surface area contributed by atoms with Crippen LogP contribution in [-0.4, -0.2) is 20.0 Å². The van der Waals surface area contributed by atoms with Crippen LogP contribution in [0.1, 0.15) is 32.4 Å². The molecule has 0 unspecified atom stereocenters. The third-order valence-corrected chi connectivity index (χ3v) is 3.72. The molecule has 0 aliphatic carbocycles. The van der Waals surface area contributed by atoms with Crippen LogP contribution in [0, 0.1) is 0 Å². The smallest absolute Gasteiger partial charge is 0.326 e. The molecular weight excluding hydrogens is 238 g/mol. The Kier molecular flexibility index (Phi) is 4.42. The molecule has 0 fully saturated rings. The van der Waals surface area contributed by atoms with Crippen LogP contribution in [0.2, 0.25) is 0 Å². The monoisotopic (exact) mass is 255 g/mol. The number of hydrogen-bond donors (Lipinski definition) is 2. The van der Waals surface area contributed by atoms with Crippen molar-refractivity contribution in [3.05, 3.63) is 35.9 Å². The van der Waals surface area contributed by atoms with Crippen molar-refractivity contribution < 1.29 is 14.1 Å². The van der Waals surface area contributed by atoms with E-state index in [9.17, 15) is 9.00 Å². The minimum absolute atomic E-state index is 0.498. The van der Waals surface area contributed by atoms with E-state index in [0.717, 1.165) is 0 Å². The minimum atomic E-state index is -1.42. The van der Waals surface area contributed by atoms with Crippen molar-refractivity contribution in [1.82, 2.24) is 4.72 Å². The molecule has 1 rings (SSSR count). The molecule has 4 nitrogen and oxygen atoms in total. The summed E-state index contributed by atoms with van der Waals surface area (Å²) in [6, 6.07) is 7.77. The summed E-state index contributed by atoms with van der Waals surface area (Å²) in [4.78, 5) is 11.2. The van der Waals surface area contributed by atoms with Crippen LogP contribution in [0.4, 0.5) is 0 Å². The van der Waals surface area contributed by atoms with E-state index >= 15 is 0 Å². The second-order valence-corrected chi connectivity index (χ2v) is 6.68. The number of carbonyl (C=O) groups is 1. The van der Waals surface area contributed by atoms with Crippen molar-refractivity contribution in [3.63, 3.8) is 0 Å². The molecule has 0 bridgehead atoms. The summed E-state index contributed by atoms with van der Waals surface area (Å²) in [7, 11) is -1.42. The number of aliphatic carboxylic acids is 1. The van der Waals surface area contributed by atoms with E-state index in [2.05, 4.69) is 4.72 Å². The van der Waals surface area contributed by atoms with Crippen LogP contribution in [0.3, 0.4) is 0 Å². The van der Waals surface area contributed by atoms with Crippen molar-refractivity contribution >= 4 is 17.0 Å². The average Bonchev–Trinajstić information content (AvgIpc) is 2.25. The maximum Gasteiger partial charge on any atom is 0.326 e. The molecule has 0 aliphatic rings. The first kappa shape index (κ1) is 13.9. The highest BCUT2D eigenvalue weighted by molar-refractivity contribution is 7.84. The summed E-state index contributed by atoms with van der Waals surface area (Å²) in [5.41, 5.74) is 0.595. The fraction of sp³-hybridized carbons (Fsp3) is 0.417. The first-order chi connectivity index (χ1) is 7.82. The van der Waals surface area contributed by atoms with Crippen LogP contribution in [0.5, 0.6) is 0 Å². The highest BCUT2D eigenvalue weighted by Gasteiger charge is 2.27. The lowest BCUT2D eigenvalue weighted by atomic mass is 10.1. The van der Waals surface area contributed by atoms with E-state index in [-0.39, 0.29) is 0 Å². The molecule has 2 atom stereocenters. The number of carboxylic acid groups (broad SMARTS) is 1. The fourth-order valence-electron chi connectivity index (χ4n) is 1.19. The Morgan fingerprint density at radius 1 is 1.29 bits per heavy atom. The van der Waals surface area contributed by atoms with Gasteiger partial charge in [0.25, 0.3) is 0 Å². The Morgan fingerprint density at radius 3 is 2.24 bits per heavy atom. The van der Waals surface area contributed by atoms with Gasteiger partial charge in [-0.2, -0.15) is 0 Å². The van der Waals surface area contributed by atoms with Crippen molar-refractivity contribution in [3.8, 4) is 0 Å². The highest BCUT2D eigenvalue weighted by atomic mass is 32.2. The molecule has 5 heteroatoms. The zero-order valence-corrected chi connectivity index (χ0v) is 11.0. The van der Waals surface area contributed by atoms with E-state index in [1.165, 1.54) is 0 Å². The van der Waals surface area contributed by atoms with Gasteiger partial charge >= 0.3 is 5.97 Å². The quantitative estimate of drug-likeness (QED) is 0.863. The third kappa shape index (κ3) is 3.94. The third-order valence-electron chi connectivity index (χ3n) is 2.16. The first-order valence-electron chi connectivity index (χ1n) is 5.28. The van der Waals surface area contributed by atoms with Crippen LogP contribution in [0.25, 0.3) is 0 Å². The van der Waals surface area contributed by atoms with Crippen LogP contribution in [-0.2, 0) is 15.8 Å². The second kappa shape index (κ2) is 5.42. The predicted molar refractivity (Wildman–Crippen MR) is 67.8 cm³/mol. The van der Waals surface area contributed by atoms with Crippen molar-refractivity contribution in [2.24, 2.45) is 0 Å². The molecule has 1 aromatic carbocycles. The summed E-state index contributed by atoms with van der Waals surface area (Å²) >= 11 is 0. The van der Waals surface area contributed by atoms with Gasteiger partial charge in [0.1, 0.15) is 6.04 Å². The summed E-state index contributed by atoms with van der Waals surface area (Å²) < 4.78 is 14.0. The van der Waals surface area contributed by atoms with Gasteiger partial charge in [0, 0.05) is 0 Å². The van der Waals surface area contributed by atoms with Gasteiger partial charge in [0.2, 0.25) is 0 Å².